The molecule has 2 aliphatic rings. The van der Waals surface area contributed by atoms with E-state index < -0.39 is 0 Å². The highest BCUT2D eigenvalue weighted by atomic mass is 19.1. The summed E-state index contributed by atoms with van der Waals surface area (Å²) in [4.78, 5) is 13.1. The van der Waals surface area contributed by atoms with Crippen molar-refractivity contribution < 1.29 is 14.3 Å². The standard InChI is InChI=1S/C27H27FO2/c1-18-24-11-6-12-25(29)27(24,2)17-22(26(18)30)16-21-9-4-3-8-20(21)14-13-19-7-5-10-23(28)15-19/h3-5,7-10,15-16,18,24-25,29H,6,11-12,17H2,1-2H3/b22-16+/t18?,24?,25-,27-/m0/s1. The van der Waals surface area contributed by atoms with Crippen molar-refractivity contribution in [1.82, 2.24) is 0 Å². The summed E-state index contributed by atoms with van der Waals surface area (Å²) in [5.74, 6) is 6.15. The van der Waals surface area contributed by atoms with E-state index in [2.05, 4.69) is 18.8 Å². The van der Waals surface area contributed by atoms with Crippen LogP contribution in [0.4, 0.5) is 4.39 Å². The highest BCUT2D eigenvalue weighted by molar-refractivity contribution is 6.02. The van der Waals surface area contributed by atoms with Gasteiger partial charge in [-0.3, -0.25) is 4.79 Å². The van der Waals surface area contributed by atoms with Crippen LogP contribution in [0, 0.1) is 34.9 Å². The van der Waals surface area contributed by atoms with Crippen LogP contribution in [0.1, 0.15) is 56.2 Å². The van der Waals surface area contributed by atoms with Gasteiger partial charge >= 0.3 is 0 Å². The van der Waals surface area contributed by atoms with Gasteiger partial charge in [0.05, 0.1) is 6.10 Å². The van der Waals surface area contributed by atoms with Gasteiger partial charge in [0, 0.05) is 22.5 Å². The largest absolute Gasteiger partial charge is 0.393 e. The number of aliphatic hydroxyl groups excluding tert-OH is 1. The van der Waals surface area contributed by atoms with Crippen LogP contribution in [0.25, 0.3) is 6.08 Å². The second kappa shape index (κ2) is 8.20. The molecule has 30 heavy (non-hydrogen) atoms. The van der Waals surface area contributed by atoms with Crippen LogP contribution in [0.15, 0.2) is 54.1 Å². The molecule has 2 aliphatic carbocycles. The number of allylic oxidation sites excluding steroid dienone is 1. The molecular formula is C27H27FO2. The van der Waals surface area contributed by atoms with Gasteiger partial charge in [-0.25, -0.2) is 4.39 Å². The molecule has 2 saturated carbocycles. The molecule has 2 nitrogen and oxygen atoms in total. The van der Waals surface area contributed by atoms with Gasteiger partial charge in [0.2, 0.25) is 0 Å². The van der Waals surface area contributed by atoms with Gasteiger partial charge in [-0.05, 0) is 66.7 Å². The summed E-state index contributed by atoms with van der Waals surface area (Å²) >= 11 is 0. The Bertz CT molecular complexity index is 1060. The number of hydrogen-bond acceptors (Lipinski definition) is 2. The lowest BCUT2D eigenvalue weighted by Crippen LogP contribution is -2.51. The number of Topliss-reactive ketones (excluding diaryl/α,β-unsaturated/α-hetero) is 1. The molecule has 1 N–H and O–H groups in total. The molecule has 4 atom stereocenters. The molecule has 154 valence electrons. The number of aliphatic hydroxyl groups is 1. The summed E-state index contributed by atoms with van der Waals surface area (Å²) < 4.78 is 13.4. The molecule has 0 saturated heterocycles. The van der Waals surface area contributed by atoms with Gasteiger partial charge in [-0.2, -0.15) is 0 Å². The first kappa shape index (κ1) is 20.6. The Kier molecular flexibility index (Phi) is 5.62. The monoisotopic (exact) mass is 402 g/mol. The second-order valence-electron chi connectivity index (χ2n) is 8.91. The molecule has 2 fully saturated rings. The minimum Gasteiger partial charge on any atom is -0.393 e. The molecule has 0 aliphatic heterocycles. The van der Waals surface area contributed by atoms with E-state index in [4.69, 9.17) is 0 Å². The summed E-state index contributed by atoms with van der Waals surface area (Å²) in [7, 11) is 0. The summed E-state index contributed by atoms with van der Waals surface area (Å²) in [6, 6.07) is 13.9. The topological polar surface area (TPSA) is 37.3 Å². The molecule has 2 unspecified atom stereocenters. The van der Waals surface area contributed by atoms with Crippen LogP contribution < -0.4 is 0 Å². The lowest BCUT2D eigenvalue weighted by Gasteiger charge is -2.51. The third kappa shape index (κ3) is 3.85. The first-order valence-corrected chi connectivity index (χ1v) is 10.7. The Morgan fingerprint density at radius 2 is 1.93 bits per heavy atom. The lowest BCUT2D eigenvalue weighted by molar-refractivity contribution is -0.133. The molecule has 0 aromatic heterocycles. The molecule has 0 bridgehead atoms. The highest BCUT2D eigenvalue weighted by Crippen LogP contribution is 2.53. The van der Waals surface area contributed by atoms with Gasteiger partial charge < -0.3 is 5.11 Å². The number of rotatable bonds is 1. The van der Waals surface area contributed by atoms with Gasteiger partial charge in [0.15, 0.2) is 5.78 Å². The van der Waals surface area contributed by atoms with E-state index in [1.165, 1.54) is 12.1 Å². The Balaban J connectivity index is 1.69. The van der Waals surface area contributed by atoms with E-state index in [0.29, 0.717) is 12.0 Å². The van der Waals surface area contributed by atoms with E-state index >= 15 is 0 Å². The minimum absolute atomic E-state index is 0.0875. The second-order valence-corrected chi connectivity index (χ2v) is 8.91. The maximum Gasteiger partial charge on any atom is 0.161 e. The van der Waals surface area contributed by atoms with Gasteiger partial charge in [-0.15, -0.1) is 0 Å². The zero-order valence-electron chi connectivity index (χ0n) is 17.5. The Labute approximate surface area is 177 Å². The number of fused-ring (bicyclic) bond motifs is 1. The van der Waals surface area contributed by atoms with Gasteiger partial charge in [0.1, 0.15) is 5.82 Å². The maximum absolute atomic E-state index is 13.4. The van der Waals surface area contributed by atoms with Gasteiger partial charge in [0.25, 0.3) is 0 Å². The van der Waals surface area contributed by atoms with Crippen molar-refractivity contribution in [3.63, 3.8) is 0 Å². The van der Waals surface area contributed by atoms with E-state index in [0.717, 1.165) is 36.0 Å². The van der Waals surface area contributed by atoms with Crippen LogP contribution in [0.3, 0.4) is 0 Å². The smallest absolute Gasteiger partial charge is 0.161 e. The molecule has 0 amide bonds. The third-order valence-electron chi connectivity index (χ3n) is 6.96. The van der Waals surface area contributed by atoms with E-state index in [1.807, 2.05) is 37.3 Å². The predicted octanol–water partition coefficient (Wildman–Crippen LogP) is 5.39. The SMILES string of the molecule is CC1C(=O)/C(=C/c2ccccc2C#Cc2cccc(F)c2)C[C@@]2(C)C1CCC[C@@H]2O. The fourth-order valence-electron chi connectivity index (χ4n) is 5.23. The van der Waals surface area contributed by atoms with Crippen LogP contribution in [-0.2, 0) is 4.79 Å². The first-order chi connectivity index (χ1) is 14.4. The Hall–Kier alpha value is -2.70. The number of carbonyl (C=O) groups excluding carboxylic acids is 1. The van der Waals surface area contributed by atoms with Crippen LogP contribution in [0.5, 0.6) is 0 Å². The molecule has 0 radical (unpaired) electrons. The third-order valence-corrected chi connectivity index (χ3v) is 6.96. The number of carbonyl (C=O) groups is 1. The van der Waals surface area contributed by atoms with Gasteiger partial charge in [-0.1, -0.05) is 56.4 Å². The summed E-state index contributed by atoms with van der Waals surface area (Å²) in [5, 5.41) is 10.7. The van der Waals surface area contributed by atoms with Crippen LogP contribution in [0.2, 0.25) is 0 Å². The minimum atomic E-state index is -0.377. The quantitative estimate of drug-likeness (QED) is 0.513. The van der Waals surface area contributed by atoms with Crippen molar-refractivity contribution in [1.29, 1.82) is 0 Å². The van der Waals surface area contributed by atoms with E-state index in [1.54, 1.807) is 12.1 Å². The maximum atomic E-state index is 13.4. The number of benzene rings is 2. The van der Waals surface area contributed by atoms with Crippen molar-refractivity contribution >= 4 is 11.9 Å². The molecule has 2 aromatic rings. The molecule has 4 rings (SSSR count). The predicted molar refractivity (Wildman–Crippen MR) is 117 cm³/mol. The summed E-state index contributed by atoms with van der Waals surface area (Å²) in [5.41, 5.74) is 2.79. The van der Waals surface area contributed by atoms with Crippen molar-refractivity contribution in [3.8, 4) is 11.8 Å². The lowest BCUT2D eigenvalue weighted by atomic mass is 9.54. The van der Waals surface area contributed by atoms with Crippen molar-refractivity contribution in [2.24, 2.45) is 17.3 Å². The highest BCUT2D eigenvalue weighted by Gasteiger charge is 2.51. The van der Waals surface area contributed by atoms with Crippen LogP contribution in [-0.4, -0.2) is 17.0 Å². The number of hydrogen-bond donors (Lipinski definition) is 1. The number of halogens is 1. The Morgan fingerprint density at radius 3 is 2.73 bits per heavy atom. The summed E-state index contributed by atoms with van der Waals surface area (Å²) in [6.45, 7) is 4.14. The Morgan fingerprint density at radius 1 is 1.13 bits per heavy atom. The fourth-order valence-corrected chi connectivity index (χ4v) is 5.23. The zero-order chi connectivity index (χ0) is 21.3. The van der Waals surface area contributed by atoms with Crippen molar-refractivity contribution in [2.75, 3.05) is 0 Å². The van der Waals surface area contributed by atoms with Crippen molar-refractivity contribution in [2.45, 2.75) is 45.6 Å². The molecular weight excluding hydrogens is 375 g/mol. The average Bonchev–Trinajstić information content (AvgIpc) is 2.73. The van der Waals surface area contributed by atoms with Crippen LogP contribution >= 0.6 is 0 Å². The normalized spacial score (nSPS) is 29.8. The van der Waals surface area contributed by atoms with Crippen molar-refractivity contribution in [3.05, 3.63) is 76.6 Å². The zero-order valence-corrected chi connectivity index (χ0v) is 17.5. The number of ketones is 1. The molecule has 2 aromatic carbocycles. The molecule has 3 heteroatoms. The fraction of sp³-hybridized carbons (Fsp3) is 0.370. The molecule has 0 heterocycles. The van der Waals surface area contributed by atoms with E-state index in [-0.39, 0.29) is 35.0 Å². The van der Waals surface area contributed by atoms with E-state index in [9.17, 15) is 14.3 Å². The molecule has 0 spiro atoms. The average molecular weight is 403 g/mol. The first-order valence-electron chi connectivity index (χ1n) is 10.7. The summed E-state index contributed by atoms with van der Waals surface area (Å²) in [6.07, 6.45) is 4.94.